The SMILES string of the molecule is CC(C)(C)[C@H](c1ccc(C(F)(F)F)cc1F)N1CCNCC1.Cl. The number of alkyl halides is 3. The number of rotatable bonds is 2. The Kier molecular flexibility index (Phi) is 6.47. The number of hydrogen-bond donors (Lipinski definition) is 1. The average Bonchev–Trinajstić information content (AvgIpc) is 2.39. The monoisotopic (exact) mass is 354 g/mol. The molecule has 1 aromatic carbocycles. The second-order valence-electron chi connectivity index (χ2n) is 6.79. The summed E-state index contributed by atoms with van der Waals surface area (Å²) in [5.41, 5.74) is -0.887. The highest BCUT2D eigenvalue weighted by atomic mass is 35.5. The van der Waals surface area contributed by atoms with Gasteiger partial charge in [-0.25, -0.2) is 4.39 Å². The quantitative estimate of drug-likeness (QED) is 0.798. The van der Waals surface area contributed by atoms with Gasteiger partial charge in [0.1, 0.15) is 5.82 Å². The summed E-state index contributed by atoms with van der Waals surface area (Å²) in [6.45, 7) is 9.05. The van der Waals surface area contributed by atoms with Crippen LogP contribution in [-0.2, 0) is 6.18 Å². The van der Waals surface area contributed by atoms with E-state index in [1.54, 1.807) is 0 Å². The number of nitrogens with zero attached hydrogens (tertiary/aromatic N) is 1. The van der Waals surface area contributed by atoms with Crippen LogP contribution in [0.3, 0.4) is 0 Å². The van der Waals surface area contributed by atoms with E-state index in [1.807, 2.05) is 20.8 Å². The van der Waals surface area contributed by atoms with Gasteiger partial charge in [-0.1, -0.05) is 26.8 Å². The van der Waals surface area contributed by atoms with Crippen molar-refractivity contribution in [2.75, 3.05) is 26.2 Å². The highest BCUT2D eigenvalue weighted by Crippen LogP contribution is 2.40. The van der Waals surface area contributed by atoms with E-state index in [9.17, 15) is 17.6 Å². The summed E-state index contributed by atoms with van der Waals surface area (Å²) in [6.07, 6.45) is -4.52. The number of nitrogens with one attached hydrogen (secondary N) is 1. The van der Waals surface area contributed by atoms with E-state index in [1.165, 1.54) is 6.07 Å². The van der Waals surface area contributed by atoms with Gasteiger partial charge in [0.25, 0.3) is 0 Å². The summed E-state index contributed by atoms with van der Waals surface area (Å²) in [6, 6.07) is 2.61. The molecular formula is C16H23ClF4N2. The average molecular weight is 355 g/mol. The molecule has 1 aliphatic rings. The Morgan fingerprint density at radius 1 is 1.09 bits per heavy atom. The van der Waals surface area contributed by atoms with E-state index < -0.39 is 17.6 Å². The Hall–Kier alpha value is -0.850. The van der Waals surface area contributed by atoms with Gasteiger partial charge >= 0.3 is 6.18 Å². The van der Waals surface area contributed by atoms with Gasteiger partial charge in [-0.15, -0.1) is 12.4 Å². The van der Waals surface area contributed by atoms with Gasteiger partial charge in [0, 0.05) is 37.8 Å². The first-order valence-corrected chi connectivity index (χ1v) is 7.42. The topological polar surface area (TPSA) is 15.3 Å². The smallest absolute Gasteiger partial charge is 0.314 e. The summed E-state index contributed by atoms with van der Waals surface area (Å²) in [5.74, 6) is -0.784. The first-order valence-electron chi connectivity index (χ1n) is 7.42. The van der Waals surface area contributed by atoms with E-state index in [2.05, 4.69) is 10.2 Å². The normalized spacial score (nSPS) is 18.4. The fourth-order valence-electron chi connectivity index (χ4n) is 3.08. The van der Waals surface area contributed by atoms with E-state index in [0.29, 0.717) is 11.6 Å². The zero-order valence-electron chi connectivity index (χ0n) is 13.5. The Morgan fingerprint density at radius 3 is 2.09 bits per heavy atom. The molecular weight excluding hydrogens is 332 g/mol. The molecule has 2 rings (SSSR count). The van der Waals surface area contributed by atoms with Crippen molar-refractivity contribution in [2.45, 2.75) is 33.0 Å². The molecule has 23 heavy (non-hydrogen) atoms. The number of piperazine rings is 1. The molecule has 1 saturated heterocycles. The third-order valence-corrected chi connectivity index (χ3v) is 3.96. The Labute approximate surface area is 140 Å². The summed E-state index contributed by atoms with van der Waals surface area (Å²) in [4.78, 5) is 2.14. The molecule has 0 spiro atoms. The molecule has 132 valence electrons. The molecule has 0 amide bonds. The van der Waals surface area contributed by atoms with Gasteiger partial charge in [0.15, 0.2) is 0 Å². The van der Waals surface area contributed by atoms with Gasteiger partial charge in [0.2, 0.25) is 0 Å². The van der Waals surface area contributed by atoms with E-state index in [-0.39, 0.29) is 23.9 Å². The van der Waals surface area contributed by atoms with Crippen molar-refractivity contribution in [2.24, 2.45) is 5.41 Å². The third-order valence-electron chi connectivity index (χ3n) is 3.96. The molecule has 0 saturated carbocycles. The molecule has 0 unspecified atom stereocenters. The van der Waals surface area contributed by atoms with Crippen LogP contribution in [0.1, 0.15) is 37.9 Å². The van der Waals surface area contributed by atoms with Crippen molar-refractivity contribution in [1.82, 2.24) is 10.2 Å². The van der Waals surface area contributed by atoms with E-state index in [0.717, 1.165) is 32.2 Å². The van der Waals surface area contributed by atoms with Crippen molar-refractivity contribution < 1.29 is 17.6 Å². The first kappa shape index (κ1) is 20.2. The molecule has 0 aromatic heterocycles. The van der Waals surface area contributed by atoms with Crippen LogP contribution in [0.25, 0.3) is 0 Å². The lowest BCUT2D eigenvalue weighted by Gasteiger charge is -2.42. The number of halogens is 5. The minimum Gasteiger partial charge on any atom is -0.314 e. The Balaban J connectivity index is 0.00000264. The van der Waals surface area contributed by atoms with Crippen LogP contribution in [0.4, 0.5) is 17.6 Å². The van der Waals surface area contributed by atoms with Crippen molar-refractivity contribution in [1.29, 1.82) is 0 Å². The molecule has 1 heterocycles. The molecule has 0 radical (unpaired) electrons. The predicted octanol–water partition coefficient (Wildman–Crippen LogP) is 4.26. The van der Waals surface area contributed by atoms with Crippen molar-refractivity contribution in [3.05, 3.63) is 35.1 Å². The van der Waals surface area contributed by atoms with Gasteiger partial charge in [-0.05, 0) is 17.5 Å². The Bertz CT molecular complexity index is 520. The zero-order valence-corrected chi connectivity index (χ0v) is 14.3. The number of hydrogen-bond acceptors (Lipinski definition) is 2. The maximum atomic E-state index is 14.4. The number of benzene rings is 1. The third kappa shape index (κ3) is 4.81. The molecule has 7 heteroatoms. The molecule has 0 aliphatic carbocycles. The van der Waals surface area contributed by atoms with E-state index >= 15 is 0 Å². The van der Waals surface area contributed by atoms with Crippen LogP contribution in [0.2, 0.25) is 0 Å². The predicted molar refractivity (Wildman–Crippen MR) is 85.3 cm³/mol. The lowest BCUT2D eigenvalue weighted by molar-refractivity contribution is -0.137. The second-order valence-corrected chi connectivity index (χ2v) is 6.79. The zero-order chi connectivity index (χ0) is 16.5. The molecule has 1 N–H and O–H groups in total. The van der Waals surface area contributed by atoms with Crippen LogP contribution in [-0.4, -0.2) is 31.1 Å². The molecule has 1 aliphatic heterocycles. The van der Waals surface area contributed by atoms with Crippen LogP contribution in [0, 0.1) is 11.2 Å². The van der Waals surface area contributed by atoms with Gasteiger partial charge in [-0.2, -0.15) is 13.2 Å². The van der Waals surface area contributed by atoms with Gasteiger partial charge in [0.05, 0.1) is 5.56 Å². The Morgan fingerprint density at radius 2 is 1.65 bits per heavy atom. The maximum Gasteiger partial charge on any atom is 0.416 e. The lowest BCUT2D eigenvalue weighted by atomic mass is 9.80. The lowest BCUT2D eigenvalue weighted by Crippen LogP contribution is -2.48. The van der Waals surface area contributed by atoms with Crippen molar-refractivity contribution in [3.63, 3.8) is 0 Å². The van der Waals surface area contributed by atoms with Gasteiger partial charge in [-0.3, -0.25) is 4.90 Å². The largest absolute Gasteiger partial charge is 0.416 e. The molecule has 0 bridgehead atoms. The standard InChI is InChI=1S/C16H22F4N2.ClH/c1-15(2,3)14(22-8-6-21-7-9-22)12-5-4-11(10-13(12)17)16(18,19)20;/h4-5,10,14,21H,6-9H2,1-3H3;1H/t14-;/m0./s1. The first-order chi connectivity index (χ1) is 10.1. The summed E-state index contributed by atoms with van der Waals surface area (Å²) < 4.78 is 52.5. The molecule has 1 fully saturated rings. The van der Waals surface area contributed by atoms with Gasteiger partial charge < -0.3 is 5.32 Å². The van der Waals surface area contributed by atoms with E-state index in [4.69, 9.17) is 0 Å². The fourth-order valence-corrected chi connectivity index (χ4v) is 3.08. The van der Waals surface area contributed by atoms with Crippen LogP contribution < -0.4 is 5.32 Å². The maximum absolute atomic E-state index is 14.4. The fraction of sp³-hybridized carbons (Fsp3) is 0.625. The van der Waals surface area contributed by atoms with Crippen LogP contribution in [0.5, 0.6) is 0 Å². The minimum atomic E-state index is -4.52. The van der Waals surface area contributed by atoms with Crippen molar-refractivity contribution >= 4 is 12.4 Å². The van der Waals surface area contributed by atoms with Crippen LogP contribution in [0.15, 0.2) is 18.2 Å². The minimum absolute atomic E-state index is 0. The molecule has 1 aromatic rings. The van der Waals surface area contributed by atoms with Crippen LogP contribution >= 0.6 is 12.4 Å². The highest BCUT2D eigenvalue weighted by Gasteiger charge is 2.36. The second kappa shape index (κ2) is 7.36. The van der Waals surface area contributed by atoms with Crippen molar-refractivity contribution in [3.8, 4) is 0 Å². The summed E-state index contributed by atoms with van der Waals surface area (Å²) >= 11 is 0. The summed E-state index contributed by atoms with van der Waals surface area (Å²) in [5, 5.41) is 3.23. The molecule has 2 nitrogen and oxygen atoms in total. The molecule has 1 atom stereocenters. The summed E-state index contributed by atoms with van der Waals surface area (Å²) in [7, 11) is 0. The highest BCUT2D eigenvalue weighted by molar-refractivity contribution is 5.85.